The number of fused-ring (bicyclic) bond motifs is 3. The van der Waals surface area contributed by atoms with Gasteiger partial charge in [0.1, 0.15) is 4.90 Å². The van der Waals surface area contributed by atoms with Crippen LogP contribution in [0.3, 0.4) is 0 Å². The molecule has 0 amide bonds. The number of halogens is 1. The second-order valence-corrected chi connectivity index (χ2v) is 12.7. The van der Waals surface area contributed by atoms with E-state index in [0.717, 1.165) is 23.2 Å². The Bertz CT molecular complexity index is 1750. The highest BCUT2D eigenvalue weighted by Crippen LogP contribution is 2.49. The Morgan fingerprint density at radius 3 is 2.51 bits per heavy atom. The predicted molar refractivity (Wildman–Crippen MR) is 166 cm³/mol. The van der Waals surface area contributed by atoms with E-state index in [2.05, 4.69) is 74.8 Å². The molecular weight excluding hydrogens is 600 g/mol. The van der Waals surface area contributed by atoms with Crippen molar-refractivity contribution >= 4 is 43.6 Å². The van der Waals surface area contributed by atoms with Gasteiger partial charge in [-0.1, -0.05) is 60.2 Å². The average Bonchev–Trinajstić information content (AvgIpc) is 3.48. The number of allylic oxidation sites excluding steroid dienone is 2. The number of nitrogens with zero attached hydrogens (tertiary/aromatic N) is 1. The highest BCUT2D eigenvalue weighted by molar-refractivity contribution is 9.10. The molecule has 0 unspecified atom stereocenters. The highest BCUT2D eigenvalue weighted by atomic mass is 79.9. The fourth-order valence-corrected chi connectivity index (χ4v) is 7.15. The first-order valence-electron chi connectivity index (χ1n) is 13.4. The van der Waals surface area contributed by atoms with E-state index in [-0.39, 0.29) is 22.4 Å². The van der Waals surface area contributed by atoms with Gasteiger partial charge in [0, 0.05) is 17.8 Å². The van der Waals surface area contributed by atoms with Gasteiger partial charge in [-0.05, 0) is 94.3 Å². The van der Waals surface area contributed by atoms with Gasteiger partial charge in [-0.25, -0.2) is 0 Å². The van der Waals surface area contributed by atoms with Gasteiger partial charge in [0.25, 0.3) is 0 Å². The molecule has 0 aromatic heterocycles. The van der Waals surface area contributed by atoms with Crippen LogP contribution in [-0.4, -0.2) is 21.7 Å². The van der Waals surface area contributed by atoms with Gasteiger partial charge >= 0.3 is 10.1 Å². The van der Waals surface area contributed by atoms with Crippen LogP contribution in [0.15, 0.2) is 111 Å². The Balaban J connectivity index is 1.20. The van der Waals surface area contributed by atoms with E-state index in [9.17, 15) is 8.42 Å². The van der Waals surface area contributed by atoms with Gasteiger partial charge in [-0.3, -0.25) is 4.99 Å². The standard InChI is InChI=1S/C33H29BrN2O4S/c1-21-10-16-25(17-11-21)41(37,38)40-33-29(34)18-22(19-31(33)39-2)20-35-24-14-12-23(13-15-24)32-28-8-5-7-26(28)27-6-3-4-9-30(27)36-32/h3-7,9-20,26,28,32,36H,8H2,1-2H3/t26-,28+,32-/m0/s1. The number of anilines is 1. The molecular formula is C33H29BrN2O4S. The molecule has 1 N–H and O–H groups in total. The SMILES string of the molecule is COc1cc(C=Nc2ccc([C@@H]3Nc4ccccc4[C@@H]4C=CC[C@H]43)cc2)cc(Br)c1OS(=O)(=O)c1ccc(C)cc1. The van der Waals surface area contributed by atoms with E-state index in [1.165, 1.54) is 36.1 Å². The molecule has 0 saturated heterocycles. The number of para-hydroxylation sites is 1. The number of methoxy groups -OCH3 is 1. The summed E-state index contributed by atoms with van der Waals surface area (Å²) in [4.78, 5) is 4.72. The molecule has 1 aliphatic heterocycles. The lowest BCUT2D eigenvalue weighted by Crippen LogP contribution is -2.28. The summed E-state index contributed by atoms with van der Waals surface area (Å²) in [5.74, 6) is 1.27. The largest absolute Gasteiger partial charge is 0.493 e. The number of aliphatic imine (C=N–C) groups is 1. The van der Waals surface area contributed by atoms with Gasteiger partial charge in [-0.15, -0.1) is 0 Å². The molecule has 2 aliphatic rings. The molecule has 4 aromatic carbocycles. The maximum Gasteiger partial charge on any atom is 0.339 e. The van der Waals surface area contributed by atoms with Crippen LogP contribution in [0.2, 0.25) is 0 Å². The first-order valence-corrected chi connectivity index (χ1v) is 15.6. The first kappa shape index (κ1) is 27.3. The fraction of sp³-hybridized carbons (Fsp3) is 0.182. The molecule has 0 saturated carbocycles. The van der Waals surface area contributed by atoms with Crippen LogP contribution in [0, 0.1) is 12.8 Å². The molecule has 0 radical (unpaired) electrons. The molecule has 208 valence electrons. The van der Waals surface area contributed by atoms with E-state index >= 15 is 0 Å². The summed E-state index contributed by atoms with van der Waals surface area (Å²) < 4.78 is 37.1. The van der Waals surface area contributed by atoms with Crippen molar-refractivity contribution in [1.82, 2.24) is 0 Å². The molecule has 6 nitrogen and oxygen atoms in total. The number of hydrogen-bond donors (Lipinski definition) is 1. The number of hydrogen-bond acceptors (Lipinski definition) is 6. The zero-order chi connectivity index (χ0) is 28.6. The Labute approximate surface area is 249 Å². The summed E-state index contributed by atoms with van der Waals surface area (Å²) in [7, 11) is -2.57. The van der Waals surface area contributed by atoms with Crippen molar-refractivity contribution in [1.29, 1.82) is 0 Å². The van der Waals surface area contributed by atoms with Crippen molar-refractivity contribution in [3.63, 3.8) is 0 Å². The summed E-state index contributed by atoms with van der Waals surface area (Å²) in [6.07, 6.45) is 7.41. The molecule has 0 spiro atoms. The van der Waals surface area contributed by atoms with Crippen LogP contribution >= 0.6 is 15.9 Å². The molecule has 6 rings (SSSR count). The third-order valence-electron chi connectivity index (χ3n) is 7.64. The van der Waals surface area contributed by atoms with Gasteiger partial charge in [0.05, 0.1) is 23.3 Å². The number of aryl methyl sites for hydroxylation is 1. The number of ether oxygens (including phenoxy) is 1. The summed E-state index contributed by atoms with van der Waals surface area (Å²) in [5, 5.41) is 3.76. The quantitative estimate of drug-likeness (QED) is 0.127. The van der Waals surface area contributed by atoms with E-state index in [0.29, 0.717) is 16.3 Å². The molecule has 0 bridgehead atoms. The minimum Gasteiger partial charge on any atom is -0.493 e. The van der Waals surface area contributed by atoms with Crippen molar-refractivity contribution in [2.24, 2.45) is 10.9 Å². The third-order valence-corrected chi connectivity index (χ3v) is 9.47. The summed E-state index contributed by atoms with van der Waals surface area (Å²) >= 11 is 3.45. The Kier molecular flexibility index (Phi) is 7.45. The summed E-state index contributed by atoms with van der Waals surface area (Å²) in [5.41, 5.74) is 6.29. The lowest BCUT2D eigenvalue weighted by molar-refractivity contribution is 0.389. The van der Waals surface area contributed by atoms with Crippen LogP contribution in [0.5, 0.6) is 11.5 Å². The number of benzene rings is 4. The van der Waals surface area contributed by atoms with E-state index < -0.39 is 10.1 Å². The molecule has 0 fully saturated rings. The summed E-state index contributed by atoms with van der Waals surface area (Å²) in [6, 6.07) is 27.0. The Hall–Kier alpha value is -3.88. The van der Waals surface area contributed by atoms with Crippen molar-refractivity contribution in [2.75, 3.05) is 12.4 Å². The van der Waals surface area contributed by atoms with Crippen LogP contribution < -0.4 is 14.2 Å². The normalized spacial score (nSPS) is 19.4. The molecule has 4 aromatic rings. The zero-order valence-electron chi connectivity index (χ0n) is 22.6. The average molecular weight is 630 g/mol. The highest BCUT2D eigenvalue weighted by Gasteiger charge is 2.37. The lowest BCUT2D eigenvalue weighted by atomic mass is 9.77. The topological polar surface area (TPSA) is 77.0 Å². The minimum atomic E-state index is -4.04. The molecule has 1 heterocycles. The Morgan fingerprint density at radius 2 is 1.76 bits per heavy atom. The van der Waals surface area contributed by atoms with Crippen LogP contribution in [0.25, 0.3) is 0 Å². The molecule has 8 heteroatoms. The maximum absolute atomic E-state index is 12.9. The molecule has 1 aliphatic carbocycles. The smallest absolute Gasteiger partial charge is 0.339 e. The minimum absolute atomic E-state index is 0.0680. The van der Waals surface area contributed by atoms with E-state index in [1.807, 2.05) is 19.1 Å². The second-order valence-electron chi connectivity index (χ2n) is 10.3. The van der Waals surface area contributed by atoms with Crippen molar-refractivity contribution in [3.8, 4) is 11.5 Å². The van der Waals surface area contributed by atoms with Gasteiger partial charge in [0.2, 0.25) is 0 Å². The van der Waals surface area contributed by atoms with Gasteiger partial charge in [0.15, 0.2) is 11.5 Å². The van der Waals surface area contributed by atoms with Crippen LogP contribution in [-0.2, 0) is 10.1 Å². The zero-order valence-corrected chi connectivity index (χ0v) is 25.0. The van der Waals surface area contributed by atoms with Gasteiger partial charge in [-0.2, -0.15) is 8.42 Å². The van der Waals surface area contributed by atoms with E-state index in [4.69, 9.17) is 8.92 Å². The number of rotatable bonds is 7. The summed E-state index contributed by atoms with van der Waals surface area (Å²) in [6.45, 7) is 1.89. The molecule has 3 atom stereocenters. The lowest BCUT2D eigenvalue weighted by Gasteiger charge is -2.37. The third kappa shape index (κ3) is 5.54. The van der Waals surface area contributed by atoms with Gasteiger partial charge < -0.3 is 14.2 Å². The van der Waals surface area contributed by atoms with E-state index in [1.54, 1.807) is 30.5 Å². The maximum atomic E-state index is 12.9. The second kappa shape index (κ2) is 11.2. The van der Waals surface area contributed by atoms with Crippen LogP contribution in [0.4, 0.5) is 11.4 Å². The Morgan fingerprint density at radius 1 is 1.00 bits per heavy atom. The fourth-order valence-electron chi connectivity index (χ4n) is 5.55. The predicted octanol–water partition coefficient (Wildman–Crippen LogP) is 8.11. The number of nitrogens with one attached hydrogen (secondary N) is 1. The first-order chi connectivity index (χ1) is 19.8. The van der Waals surface area contributed by atoms with Crippen molar-refractivity contribution < 1.29 is 17.3 Å². The van der Waals surface area contributed by atoms with Crippen LogP contribution in [0.1, 0.15) is 40.6 Å². The van der Waals surface area contributed by atoms with Crippen molar-refractivity contribution in [3.05, 3.63) is 124 Å². The van der Waals surface area contributed by atoms with Crippen molar-refractivity contribution in [2.45, 2.75) is 30.2 Å². The molecule has 41 heavy (non-hydrogen) atoms. The monoisotopic (exact) mass is 628 g/mol.